The lowest BCUT2D eigenvalue weighted by atomic mass is 10.1. The third-order valence-corrected chi connectivity index (χ3v) is 3.12. The first kappa shape index (κ1) is 12.5. The van der Waals surface area contributed by atoms with Gasteiger partial charge in [0.05, 0.1) is 11.3 Å². The Bertz CT molecular complexity index is 517. The van der Waals surface area contributed by atoms with Crippen molar-refractivity contribution in [3.05, 3.63) is 29.3 Å². The summed E-state index contributed by atoms with van der Waals surface area (Å²) in [6.07, 6.45) is 0. The largest absolute Gasteiger partial charge is 0.299 e. The molecule has 0 aliphatic heterocycles. The van der Waals surface area contributed by atoms with Crippen LogP contribution in [0.15, 0.2) is 18.2 Å². The number of nitrogens with one attached hydrogen (secondary N) is 2. The molecule has 1 aromatic carbocycles. The Labute approximate surface area is 95.3 Å². The van der Waals surface area contributed by atoms with Crippen LogP contribution >= 0.6 is 0 Å². The maximum absolute atomic E-state index is 11.4. The Morgan fingerprint density at radius 3 is 2.69 bits per heavy atom. The van der Waals surface area contributed by atoms with E-state index in [9.17, 15) is 8.42 Å². The van der Waals surface area contributed by atoms with E-state index in [0.29, 0.717) is 17.8 Å². The molecule has 6 heteroatoms. The van der Waals surface area contributed by atoms with Gasteiger partial charge in [0.25, 0.3) is 10.2 Å². The highest BCUT2D eigenvalue weighted by Crippen LogP contribution is 2.18. The predicted molar refractivity (Wildman–Crippen MR) is 62.1 cm³/mol. The Morgan fingerprint density at radius 2 is 2.12 bits per heavy atom. The number of hydrogen-bond acceptors (Lipinski definition) is 3. The molecule has 0 heterocycles. The third kappa shape index (κ3) is 2.95. The van der Waals surface area contributed by atoms with Gasteiger partial charge in [0.15, 0.2) is 0 Å². The Hall–Kier alpha value is -1.58. The molecule has 0 saturated carbocycles. The fraction of sp³-hybridized carbons (Fsp3) is 0.300. The van der Waals surface area contributed by atoms with Gasteiger partial charge in [0, 0.05) is 6.54 Å². The van der Waals surface area contributed by atoms with E-state index in [1.807, 2.05) is 6.07 Å². The molecular formula is C10H13N3O2S. The smallest absolute Gasteiger partial charge is 0.270 e. The van der Waals surface area contributed by atoms with Crippen LogP contribution < -0.4 is 9.44 Å². The molecule has 5 nitrogen and oxygen atoms in total. The molecular weight excluding hydrogens is 226 g/mol. The molecule has 0 bridgehead atoms. The lowest BCUT2D eigenvalue weighted by molar-refractivity contribution is 0.589. The molecule has 1 aromatic rings. The molecule has 0 atom stereocenters. The van der Waals surface area contributed by atoms with Gasteiger partial charge >= 0.3 is 0 Å². The van der Waals surface area contributed by atoms with Crippen molar-refractivity contribution in [2.45, 2.75) is 13.8 Å². The molecule has 0 amide bonds. The van der Waals surface area contributed by atoms with Gasteiger partial charge in [-0.1, -0.05) is 19.1 Å². The number of hydrogen-bond donors (Lipinski definition) is 2. The summed E-state index contributed by atoms with van der Waals surface area (Å²) in [6, 6.07) is 6.98. The summed E-state index contributed by atoms with van der Waals surface area (Å²) in [7, 11) is -3.59. The lowest BCUT2D eigenvalue weighted by Crippen LogP contribution is -2.30. The van der Waals surface area contributed by atoms with Crippen molar-refractivity contribution in [1.82, 2.24) is 4.72 Å². The minimum atomic E-state index is -3.59. The van der Waals surface area contributed by atoms with Crippen LogP contribution in [0.1, 0.15) is 18.1 Å². The van der Waals surface area contributed by atoms with E-state index >= 15 is 0 Å². The Morgan fingerprint density at radius 1 is 1.44 bits per heavy atom. The zero-order chi connectivity index (χ0) is 12.2. The van der Waals surface area contributed by atoms with Crippen molar-refractivity contribution in [3.63, 3.8) is 0 Å². The summed E-state index contributed by atoms with van der Waals surface area (Å²) in [4.78, 5) is 0. The van der Waals surface area contributed by atoms with E-state index in [4.69, 9.17) is 5.26 Å². The Kier molecular flexibility index (Phi) is 3.88. The summed E-state index contributed by atoms with van der Waals surface area (Å²) in [5, 5.41) is 8.92. The molecule has 86 valence electrons. The summed E-state index contributed by atoms with van der Waals surface area (Å²) in [6.45, 7) is 3.73. The maximum Gasteiger partial charge on any atom is 0.299 e. The summed E-state index contributed by atoms with van der Waals surface area (Å²) in [5.41, 5.74) is 1.37. The second kappa shape index (κ2) is 4.96. The van der Waals surface area contributed by atoms with E-state index in [1.54, 1.807) is 32.0 Å². The van der Waals surface area contributed by atoms with E-state index in [2.05, 4.69) is 9.44 Å². The van der Waals surface area contributed by atoms with Crippen LogP contribution in [0.3, 0.4) is 0 Å². The fourth-order valence-electron chi connectivity index (χ4n) is 1.27. The van der Waals surface area contributed by atoms with Crippen molar-refractivity contribution in [3.8, 4) is 6.07 Å². The average molecular weight is 239 g/mol. The zero-order valence-corrected chi connectivity index (χ0v) is 9.93. The molecule has 0 spiro atoms. The number of anilines is 1. The summed E-state index contributed by atoms with van der Waals surface area (Å²) in [5.74, 6) is 0. The Balaban J connectivity index is 3.08. The van der Waals surface area contributed by atoms with Crippen molar-refractivity contribution in [2.24, 2.45) is 0 Å². The zero-order valence-electron chi connectivity index (χ0n) is 9.11. The highest BCUT2D eigenvalue weighted by atomic mass is 32.2. The van der Waals surface area contributed by atoms with Gasteiger partial charge in [-0.05, 0) is 18.6 Å². The van der Waals surface area contributed by atoms with Crippen molar-refractivity contribution in [1.29, 1.82) is 5.26 Å². The van der Waals surface area contributed by atoms with Gasteiger partial charge in [0.2, 0.25) is 0 Å². The first-order valence-corrected chi connectivity index (χ1v) is 6.25. The van der Waals surface area contributed by atoms with E-state index in [1.165, 1.54) is 0 Å². The van der Waals surface area contributed by atoms with E-state index in [-0.39, 0.29) is 0 Å². The topological polar surface area (TPSA) is 82.0 Å². The SMILES string of the molecule is CCNS(=O)(=O)Nc1cccc(C)c1C#N. The van der Waals surface area contributed by atoms with Crippen molar-refractivity contribution < 1.29 is 8.42 Å². The van der Waals surface area contributed by atoms with Crippen molar-refractivity contribution in [2.75, 3.05) is 11.3 Å². The molecule has 1 rings (SSSR count). The third-order valence-electron chi connectivity index (χ3n) is 1.96. The van der Waals surface area contributed by atoms with Gasteiger partial charge in [-0.25, -0.2) is 0 Å². The number of nitrogens with zero attached hydrogens (tertiary/aromatic N) is 1. The summed E-state index contributed by atoms with van der Waals surface area (Å²) < 4.78 is 27.5. The fourth-order valence-corrected chi connectivity index (χ4v) is 2.18. The van der Waals surface area contributed by atoms with Crippen LogP contribution in [0.2, 0.25) is 0 Å². The highest BCUT2D eigenvalue weighted by molar-refractivity contribution is 7.90. The van der Waals surface area contributed by atoms with Crippen LogP contribution in [-0.4, -0.2) is 15.0 Å². The predicted octanol–water partition coefficient (Wildman–Crippen LogP) is 1.13. The number of nitriles is 1. The molecule has 0 aliphatic carbocycles. The number of aryl methyl sites for hydroxylation is 1. The molecule has 0 radical (unpaired) electrons. The van der Waals surface area contributed by atoms with Crippen LogP contribution in [0.5, 0.6) is 0 Å². The minimum absolute atomic E-state index is 0.295. The molecule has 0 aromatic heterocycles. The molecule has 0 aliphatic rings. The van der Waals surface area contributed by atoms with Gasteiger partial charge in [-0.2, -0.15) is 18.4 Å². The second-order valence-electron chi connectivity index (χ2n) is 3.21. The van der Waals surface area contributed by atoms with Crippen LogP contribution in [-0.2, 0) is 10.2 Å². The normalized spacial score (nSPS) is 10.8. The summed E-state index contributed by atoms with van der Waals surface area (Å²) >= 11 is 0. The number of benzene rings is 1. The highest BCUT2D eigenvalue weighted by Gasteiger charge is 2.12. The van der Waals surface area contributed by atoms with Gasteiger partial charge in [-0.15, -0.1) is 0 Å². The van der Waals surface area contributed by atoms with E-state index in [0.717, 1.165) is 5.56 Å². The van der Waals surface area contributed by atoms with Crippen LogP contribution in [0.4, 0.5) is 5.69 Å². The standard InChI is InChI=1S/C10H13N3O2S/c1-3-12-16(14,15)13-10-6-4-5-8(2)9(10)7-11/h4-6,12-13H,3H2,1-2H3. The van der Waals surface area contributed by atoms with E-state index < -0.39 is 10.2 Å². The minimum Gasteiger partial charge on any atom is -0.270 e. The quantitative estimate of drug-likeness (QED) is 0.826. The first-order valence-electron chi connectivity index (χ1n) is 4.77. The first-order chi connectivity index (χ1) is 7.50. The molecule has 0 unspecified atom stereocenters. The maximum atomic E-state index is 11.4. The molecule has 2 N–H and O–H groups in total. The monoisotopic (exact) mass is 239 g/mol. The van der Waals surface area contributed by atoms with Gasteiger partial charge in [-0.3, -0.25) is 4.72 Å². The molecule has 0 saturated heterocycles. The van der Waals surface area contributed by atoms with Crippen LogP contribution in [0, 0.1) is 18.3 Å². The van der Waals surface area contributed by atoms with Crippen LogP contribution in [0.25, 0.3) is 0 Å². The number of rotatable bonds is 4. The van der Waals surface area contributed by atoms with Gasteiger partial charge < -0.3 is 0 Å². The molecule has 16 heavy (non-hydrogen) atoms. The average Bonchev–Trinajstić information content (AvgIpc) is 2.17. The molecule has 0 fully saturated rings. The second-order valence-corrected chi connectivity index (χ2v) is 4.71. The van der Waals surface area contributed by atoms with Crippen molar-refractivity contribution >= 4 is 15.9 Å². The van der Waals surface area contributed by atoms with Gasteiger partial charge in [0.1, 0.15) is 6.07 Å². The lowest BCUT2D eigenvalue weighted by Gasteiger charge is -2.10.